The molecule has 0 saturated heterocycles. The Labute approximate surface area is 73.4 Å². The molecular weight excluding hydrogens is 212 g/mol. The lowest BCUT2D eigenvalue weighted by Crippen LogP contribution is -2.01. The van der Waals surface area contributed by atoms with Crippen molar-refractivity contribution in [2.45, 2.75) is 6.29 Å². The van der Waals surface area contributed by atoms with Crippen LogP contribution in [0.1, 0.15) is 11.9 Å². The standard InChI is InChI=1S/C7H9BrO3/c1-9-7(10-2)5-3-6(8)11-4-5/h3-4,7H,1-2H3. The van der Waals surface area contributed by atoms with Crippen LogP contribution < -0.4 is 0 Å². The summed E-state index contributed by atoms with van der Waals surface area (Å²) in [6.07, 6.45) is 1.24. The number of halogens is 1. The molecule has 0 aliphatic rings. The lowest BCUT2D eigenvalue weighted by Gasteiger charge is -2.09. The molecule has 0 atom stereocenters. The second kappa shape index (κ2) is 3.90. The molecule has 62 valence electrons. The molecule has 0 aromatic carbocycles. The minimum Gasteiger partial charge on any atom is -0.457 e. The summed E-state index contributed by atoms with van der Waals surface area (Å²) in [5.74, 6) is 0. The fourth-order valence-electron chi connectivity index (χ4n) is 0.815. The molecule has 3 nitrogen and oxygen atoms in total. The van der Waals surface area contributed by atoms with E-state index in [-0.39, 0.29) is 6.29 Å². The molecule has 0 saturated carbocycles. The third kappa shape index (κ3) is 2.05. The van der Waals surface area contributed by atoms with E-state index >= 15 is 0 Å². The van der Waals surface area contributed by atoms with E-state index in [1.807, 2.05) is 0 Å². The monoisotopic (exact) mass is 220 g/mol. The lowest BCUT2D eigenvalue weighted by molar-refractivity contribution is -0.106. The van der Waals surface area contributed by atoms with Gasteiger partial charge in [0.05, 0.1) is 0 Å². The van der Waals surface area contributed by atoms with Crippen molar-refractivity contribution in [2.75, 3.05) is 14.2 Å². The van der Waals surface area contributed by atoms with E-state index in [1.165, 1.54) is 0 Å². The van der Waals surface area contributed by atoms with E-state index in [9.17, 15) is 0 Å². The number of ether oxygens (including phenoxy) is 2. The Bertz CT molecular complexity index is 217. The third-order valence-electron chi connectivity index (χ3n) is 1.29. The maximum Gasteiger partial charge on any atom is 0.186 e. The molecule has 0 aliphatic heterocycles. The predicted molar refractivity (Wildman–Crippen MR) is 43.2 cm³/mol. The summed E-state index contributed by atoms with van der Waals surface area (Å²) in [6.45, 7) is 0. The van der Waals surface area contributed by atoms with Crippen LogP contribution in [0.2, 0.25) is 0 Å². The number of hydrogen-bond acceptors (Lipinski definition) is 3. The number of rotatable bonds is 3. The summed E-state index contributed by atoms with van der Waals surface area (Å²) in [5, 5.41) is 0. The van der Waals surface area contributed by atoms with Crippen molar-refractivity contribution in [3.8, 4) is 0 Å². The molecule has 1 heterocycles. The van der Waals surface area contributed by atoms with Crippen molar-refractivity contribution in [1.29, 1.82) is 0 Å². The second-order valence-corrected chi connectivity index (χ2v) is 2.77. The van der Waals surface area contributed by atoms with Crippen LogP contribution in [0.25, 0.3) is 0 Å². The van der Waals surface area contributed by atoms with Gasteiger partial charge in [-0.1, -0.05) is 0 Å². The van der Waals surface area contributed by atoms with E-state index in [0.29, 0.717) is 4.67 Å². The van der Waals surface area contributed by atoms with Crippen molar-refractivity contribution in [2.24, 2.45) is 0 Å². The van der Waals surface area contributed by atoms with Crippen LogP contribution in [0.3, 0.4) is 0 Å². The topological polar surface area (TPSA) is 31.6 Å². The predicted octanol–water partition coefficient (Wildman–Crippen LogP) is 2.33. The summed E-state index contributed by atoms with van der Waals surface area (Å²) in [5.41, 5.74) is 0.863. The molecule has 0 amide bonds. The molecule has 0 spiro atoms. The van der Waals surface area contributed by atoms with Crippen molar-refractivity contribution in [1.82, 2.24) is 0 Å². The number of furan rings is 1. The first kappa shape index (κ1) is 8.77. The largest absolute Gasteiger partial charge is 0.457 e. The van der Waals surface area contributed by atoms with Gasteiger partial charge < -0.3 is 13.9 Å². The molecule has 0 fully saturated rings. The van der Waals surface area contributed by atoms with Gasteiger partial charge in [-0.3, -0.25) is 0 Å². The van der Waals surface area contributed by atoms with Crippen LogP contribution >= 0.6 is 15.9 Å². The third-order valence-corrected chi connectivity index (χ3v) is 1.70. The quantitative estimate of drug-likeness (QED) is 0.734. The number of hydrogen-bond donors (Lipinski definition) is 0. The average Bonchev–Trinajstić information content (AvgIpc) is 2.39. The Morgan fingerprint density at radius 2 is 2.09 bits per heavy atom. The summed E-state index contributed by atoms with van der Waals surface area (Å²) in [4.78, 5) is 0. The van der Waals surface area contributed by atoms with Crippen LogP contribution in [-0.2, 0) is 9.47 Å². The van der Waals surface area contributed by atoms with Gasteiger partial charge in [-0.2, -0.15) is 0 Å². The van der Waals surface area contributed by atoms with Gasteiger partial charge in [0.2, 0.25) is 0 Å². The second-order valence-electron chi connectivity index (χ2n) is 1.99. The maximum atomic E-state index is 5.01. The summed E-state index contributed by atoms with van der Waals surface area (Å²) in [7, 11) is 3.16. The Morgan fingerprint density at radius 1 is 1.45 bits per heavy atom. The fourth-order valence-corrected chi connectivity index (χ4v) is 1.17. The molecule has 0 unspecified atom stereocenters. The van der Waals surface area contributed by atoms with Crippen LogP contribution in [0.4, 0.5) is 0 Å². The van der Waals surface area contributed by atoms with Crippen molar-refractivity contribution in [3.63, 3.8) is 0 Å². The zero-order valence-corrected chi connectivity index (χ0v) is 7.92. The van der Waals surface area contributed by atoms with E-state index in [2.05, 4.69) is 15.9 Å². The van der Waals surface area contributed by atoms with Crippen molar-refractivity contribution >= 4 is 15.9 Å². The van der Waals surface area contributed by atoms with Crippen LogP contribution in [-0.4, -0.2) is 14.2 Å². The molecule has 1 rings (SSSR count). The fraction of sp³-hybridized carbons (Fsp3) is 0.429. The minimum absolute atomic E-state index is 0.343. The summed E-state index contributed by atoms with van der Waals surface area (Å²) >= 11 is 3.18. The molecule has 4 heteroatoms. The van der Waals surface area contributed by atoms with Crippen LogP contribution in [0, 0.1) is 0 Å². The van der Waals surface area contributed by atoms with E-state index in [4.69, 9.17) is 13.9 Å². The smallest absolute Gasteiger partial charge is 0.186 e. The molecule has 0 bridgehead atoms. The Morgan fingerprint density at radius 3 is 2.45 bits per heavy atom. The highest BCUT2D eigenvalue weighted by atomic mass is 79.9. The Hall–Kier alpha value is -0.320. The number of methoxy groups -OCH3 is 2. The van der Waals surface area contributed by atoms with Gasteiger partial charge >= 0.3 is 0 Å². The molecule has 0 N–H and O–H groups in total. The molecule has 11 heavy (non-hydrogen) atoms. The lowest BCUT2D eigenvalue weighted by atomic mass is 10.3. The van der Waals surface area contributed by atoms with Crippen molar-refractivity contribution in [3.05, 3.63) is 22.6 Å². The normalized spacial score (nSPS) is 10.9. The first-order chi connectivity index (χ1) is 5.27. The first-order valence-electron chi connectivity index (χ1n) is 3.07. The van der Waals surface area contributed by atoms with Gasteiger partial charge in [-0.05, 0) is 22.0 Å². The highest BCUT2D eigenvalue weighted by Gasteiger charge is 2.10. The highest BCUT2D eigenvalue weighted by molar-refractivity contribution is 9.10. The van der Waals surface area contributed by atoms with Crippen molar-refractivity contribution < 1.29 is 13.9 Å². The summed E-state index contributed by atoms with van der Waals surface area (Å²) in [6, 6.07) is 1.80. The van der Waals surface area contributed by atoms with Gasteiger partial charge in [0.25, 0.3) is 0 Å². The summed E-state index contributed by atoms with van der Waals surface area (Å²) < 4.78 is 15.7. The SMILES string of the molecule is COC(OC)c1coc(Br)c1. The van der Waals surface area contributed by atoms with Gasteiger partial charge in [0.15, 0.2) is 11.0 Å². The minimum atomic E-state index is -0.343. The Balaban J connectivity index is 2.73. The van der Waals surface area contributed by atoms with Crippen LogP contribution in [0.5, 0.6) is 0 Å². The zero-order valence-electron chi connectivity index (χ0n) is 6.33. The van der Waals surface area contributed by atoms with Crippen LogP contribution in [0.15, 0.2) is 21.4 Å². The highest BCUT2D eigenvalue weighted by Crippen LogP contribution is 2.22. The molecule has 0 radical (unpaired) electrons. The molecule has 0 aliphatic carbocycles. The first-order valence-corrected chi connectivity index (χ1v) is 3.86. The van der Waals surface area contributed by atoms with E-state index in [0.717, 1.165) is 5.56 Å². The maximum absolute atomic E-state index is 5.01. The van der Waals surface area contributed by atoms with Gasteiger partial charge in [0, 0.05) is 19.8 Å². The van der Waals surface area contributed by atoms with E-state index < -0.39 is 0 Å². The van der Waals surface area contributed by atoms with Gasteiger partial charge in [0.1, 0.15) is 6.26 Å². The van der Waals surface area contributed by atoms with Gasteiger partial charge in [-0.15, -0.1) is 0 Å². The average molecular weight is 221 g/mol. The Kier molecular flexibility index (Phi) is 3.11. The zero-order chi connectivity index (χ0) is 8.27. The molecule has 1 aromatic heterocycles. The van der Waals surface area contributed by atoms with Gasteiger partial charge in [-0.25, -0.2) is 0 Å². The molecule has 1 aromatic rings. The molecular formula is C7H9BrO3. The van der Waals surface area contributed by atoms with E-state index in [1.54, 1.807) is 26.5 Å².